The van der Waals surface area contributed by atoms with Crippen molar-refractivity contribution in [2.24, 2.45) is 4.99 Å². The first-order chi connectivity index (χ1) is 13.3. The summed E-state index contributed by atoms with van der Waals surface area (Å²) in [7, 11) is 1.82. The average molecular weight is 532 g/mol. The van der Waals surface area contributed by atoms with Gasteiger partial charge in [-0.05, 0) is 6.42 Å². The second-order valence-corrected chi connectivity index (χ2v) is 9.67. The zero-order chi connectivity index (χ0) is 20.3. The molecule has 9 heteroatoms. The summed E-state index contributed by atoms with van der Waals surface area (Å²) in [5, 5.41) is 14.9. The number of aliphatic imine (C=N–C) groups is 1. The van der Waals surface area contributed by atoms with Crippen LogP contribution >= 0.6 is 35.3 Å². The lowest BCUT2D eigenvalue weighted by molar-refractivity contribution is 0.391. The second-order valence-electron chi connectivity index (χ2n) is 8.73. The minimum Gasteiger partial charge on any atom is -0.356 e. The quantitative estimate of drug-likeness (QED) is 0.351. The van der Waals surface area contributed by atoms with E-state index in [1.54, 1.807) is 11.3 Å². The smallest absolute Gasteiger partial charge is 0.191 e. The van der Waals surface area contributed by atoms with E-state index >= 15 is 0 Å². The van der Waals surface area contributed by atoms with Crippen LogP contribution in [0.5, 0.6) is 0 Å². The zero-order valence-corrected chi connectivity index (χ0v) is 21.5. The van der Waals surface area contributed by atoms with Gasteiger partial charge in [0.25, 0.3) is 0 Å². The fourth-order valence-corrected chi connectivity index (χ4v) is 4.16. The third-order valence-corrected chi connectivity index (χ3v) is 5.82. The molecule has 162 valence electrons. The lowest BCUT2D eigenvalue weighted by Gasteiger charge is -2.25. The summed E-state index contributed by atoms with van der Waals surface area (Å²) in [6.07, 6.45) is 2.89. The maximum absolute atomic E-state index is 4.76. The monoisotopic (exact) mass is 531 g/mol. The molecule has 2 N–H and O–H groups in total. The number of nitrogens with zero attached hydrogens (tertiary/aromatic N) is 5. The Bertz CT molecular complexity index is 819. The molecule has 1 unspecified atom stereocenters. The van der Waals surface area contributed by atoms with Gasteiger partial charge in [-0.3, -0.25) is 4.99 Å². The number of hydrogen-bond donors (Lipinski definition) is 2. The number of rotatable bonds is 5. The van der Waals surface area contributed by atoms with E-state index in [9.17, 15) is 0 Å². The summed E-state index contributed by atoms with van der Waals surface area (Å²) < 4.78 is 2.05. The van der Waals surface area contributed by atoms with Crippen LogP contribution in [0.1, 0.15) is 69.3 Å². The first-order valence-electron chi connectivity index (χ1n) is 10.1. The van der Waals surface area contributed by atoms with Gasteiger partial charge >= 0.3 is 0 Å². The third kappa shape index (κ3) is 6.37. The molecular weight excluding hydrogens is 497 g/mol. The van der Waals surface area contributed by atoms with Gasteiger partial charge in [-0.2, -0.15) is 5.10 Å². The van der Waals surface area contributed by atoms with Gasteiger partial charge in [0.15, 0.2) is 11.8 Å². The third-order valence-electron chi connectivity index (χ3n) is 4.91. The van der Waals surface area contributed by atoms with Gasteiger partial charge in [0, 0.05) is 49.2 Å². The number of aryl methyl sites for hydroxylation is 1. The Kier molecular flexibility index (Phi) is 8.45. The molecular formula is C20H34IN7S. The van der Waals surface area contributed by atoms with Crippen molar-refractivity contribution in [3.8, 4) is 0 Å². The topological polar surface area (TPSA) is 80.0 Å². The van der Waals surface area contributed by atoms with Gasteiger partial charge in [0.05, 0.1) is 17.2 Å². The van der Waals surface area contributed by atoms with Crippen LogP contribution in [0.25, 0.3) is 0 Å². The van der Waals surface area contributed by atoms with E-state index in [1.165, 1.54) is 10.7 Å². The van der Waals surface area contributed by atoms with Crippen LogP contribution in [0.15, 0.2) is 10.4 Å². The van der Waals surface area contributed by atoms with Crippen LogP contribution in [0.3, 0.4) is 0 Å². The Labute approximate surface area is 195 Å². The van der Waals surface area contributed by atoms with E-state index in [4.69, 9.17) is 4.98 Å². The Morgan fingerprint density at radius 2 is 2.10 bits per heavy atom. The Hall–Kier alpha value is -1.23. The van der Waals surface area contributed by atoms with Gasteiger partial charge in [0.1, 0.15) is 5.82 Å². The van der Waals surface area contributed by atoms with E-state index in [0.29, 0.717) is 12.0 Å². The number of aromatic nitrogens is 4. The van der Waals surface area contributed by atoms with Crippen LogP contribution in [-0.4, -0.2) is 45.3 Å². The van der Waals surface area contributed by atoms with Crippen molar-refractivity contribution in [2.45, 2.75) is 77.8 Å². The number of guanidine groups is 1. The van der Waals surface area contributed by atoms with Crippen LogP contribution in [-0.2, 0) is 24.8 Å². The Balaban J connectivity index is 0.00000300. The molecule has 0 spiro atoms. The van der Waals surface area contributed by atoms with Gasteiger partial charge < -0.3 is 10.6 Å². The fourth-order valence-electron chi connectivity index (χ4n) is 3.14. The number of fused-ring (bicyclic) bond motifs is 1. The standard InChI is InChI=1S/C20H33N7S.HI/c1-13(2)18-25-16-8-7-14(11-27(16)26-18)23-19(21-6)22-10-9-17-24-15(12-28-17)20(3,4)5;/h12-14H,7-11H2,1-6H3,(H2,21,22,23);1H. The summed E-state index contributed by atoms with van der Waals surface area (Å²) in [6.45, 7) is 12.5. The molecule has 1 aliphatic rings. The van der Waals surface area contributed by atoms with E-state index in [0.717, 1.165) is 50.0 Å². The van der Waals surface area contributed by atoms with Crippen molar-refractivity contribution in [3.63, 3.8) is 0 Å². The molecule has 3 rings (SSSR count). The van der Waals surface area contributed by atoms with Crippen LogP contribution in [0.2, 0.25) is 0 Å². The summed E-state index contributed by atoms with van der Waals surface area (Å²) >= 11 is 1.74. The molecule has 7 nitrogen and oxygen atoms in total. The maximum Gasteiger partial charge on any atom is 0.191 e. The molecule has 0 radical (unpaired) electrons. The van der Waals surface area contributed by atoms with Gasteiger partial charge in [-0.25, -0.2) is 14.6 Å². The maximum atomic E-state index is 4.76. The first-order valence-corrected chi connectivity index (χ1v) is 11.0. The average Bonchev–Trinajstić information content (AvgIpc) is 3.27. The van der Waals surface area contributed by atoms with Crippen molar-refractivity contribution in [3.05, 3.63) is 27.7 Å². The molecule has 0 amide bonds. The fraction of sp³-hybridized carbons (Fsp3) is 0.700. The van der Waals surface area contributed by atoms with E-state index < -0.39 is 0 Å². The highest BCUT2D eigenvalue weighted by molar-refractivity contribution is 14.0. The molecule has 0 fully saturated rings. The van der Waals surface area contributed by atoms with Crippen molar-refractivity contribution >= 4 is 41.3 Å². The minimum atomic E-state index is 0. The lowest BCUT2D eigenvalue weighted by atomic mass is 9.93. The zero-order valence-electron chi connectivity index (χ0n) is 18.3. The van der Waals surface area contributed by atoms with E-state index in [2.05, 4.69) is 65.7 Å². The molecule has 1 aliphatic heterocycles. The van der Waals surface area contributed by atoms with Gasteiger partial charge in [0.2, 0.25) is 0 Å². The van der Waals surface area contributed by atoms with E-state index in [-0.39, 0.29) is 29.4 Å². The minimum absolute atomic E-state index is 0. The predicted octanol–water partition coefficient (Wildman–Crippen LogP) is 3.50. The number of thiazole rings is 1. The highest BCUT2D eigenvalue weighted by atomic mass is 127. The highest BCUT2D eigenvalue weighted by Gasteiger charge is 2.23. The van der Waals surface area contributed by atoms with Crippen molar-refractivity contribution in [1.82, 2.24) is 30.4 Å². The summed E-state index contributed by atoms with van der Waals surface area (Å²) in [5.41, 5.74) is 1.28. The van der Waals surface area contributed by atoms with Crippen LogP contribution < -0.4 is 10.6 Å². The molecule has 0 saturated carbocycles. The SMILES string of the molecule is CN=C(NCCc1nc(C(C)(C)C)cs1)NC1CCc2nc(C(C)C)nn2C1.I. The van der Waals surface area contributed by atoms with Gasteiger partial charge in [-0.1, -0.05) is 34.6 Å². The van der Waals surface area contributed by atoms with Crippen LogP contribution in [0.4, 0.5) is 0 Å². The number of nitrogens with one attached hydrogen (secondary N) is 2. The molecule has 3 heterocycles. The summed E-state index contributed by atoms with van der Waals surface area (Å²) in [5.74, 6) is 3.24. The first kappa shape index (κ1) is 24.0. The summed E-state index contributed by atoms with van der Waals surface area (Å²) in [4.78, 5) is 13.8. The number of halogens is 1. The number of hydrogen-bond acceptors (Lipinski definition) is 5. The lowest BCUT2D eigenvalue weighted by Crippen LogP contribution is -2.47. The Morgan fingerprint density at radius 3 is 2.72 bits per heavy atom. The normalized spacial score (nSPS) is 17.1. The largest absolute Gasteiger partial charge is 0.356 e. The van der Waals surface area contributed by atoms with E-state index in [1.807, 2.05) is 11.7 Å². The van der Waals surface area contributed by atoms with Crippen molar-refractivity contribution in [1.29, 1.82) is 0 Å². The van der Waals surface area contributed by atoms with Gasteiger partial charge in [-0.15, -0.1) is 35.3 Å². The molecule has 2 aromatic heterocycles. The highest BCUT2D eigenvalue weighted by Crippen LogP contribution is 2.24. The van der Waals surface area contributed by atoms with Crippen molar-refractivity contribution in [2.75, 3.05) is 13.6 Å². The van der Waals surface area contributed by atoms with Crippen LogP contribution in [0, 0.1) is 0 Å². The molecule has 29 heavy (non-hydrogen) atoms. The molecule has 0 bridgehead atoms. The second kappa shape index (κ2) is 10.2. The molecule has 1 atom stereocenters. The molecule has 2 aromatic rings. The summed E-state index contributed by atoms with van der Waals surface area (Å²) in [6, 6.07) is 0.313. The predicted molar refractivity (Wildman–Crippen MR) is 131 cm³/mol. The Morgan fingerprint density at radius 1 is 1.34 bits per heavy atom. The molecule has 0 aliphatic carbocycles. The molecule has 0 aromatic carbocycles. The van der Waals surface area contributed by atoms with Crippen molar-refractivity contribution < 1.29 is 0 Å². The molecule has 0 saturated heterocycles.